The van der Waals surface area contributed by atoms with Gasteiger partial charge in [-0.15, -0.1) is 5.10 Å². The van der Waals surface area contributed by atoms with Crippen LogP contribution in [0.25, 0.3) is 0 Å². The third-order valence-corrected chi connectivity index (χ3v) is 3.63. The molecule has 1 aliphatic heterocycles. The van der Waals surface area contributed by atoms with Gasteiger partial charge in [-0.2, -0.15) is 0 Å². The van der Waals surface area contributed by atoms with Crippen molar-refractivity contribution < 1.29 is 8.78 Å². The van der Waals surface area contributed by atoms with Crippen molar-refractivity contribution in [2.45, 2.75) is 13.0 Å². The fraction of sp³-hybridized carbons (Fsp3) is 0.538. The third kappa shape index (κ3) is 3.35. The van der Waals surface area contributed by atoms with E-state index in [1.165, 1.54) is 12.4 Å². The molecule has 0 atom stereocenters. The molecule has 0 bridgehead atoms. The van der Waals surface area contributed by atoms with Gasteiger partial charge in [-0.3, -0.25) is 9.58 Å². The maximum absolute atomic E-state index is 12.7. The van der Waals surface area contributed by atoms with Gasteiger partial charge in [0.1, 0.15) is 17.8 Å². The molecule has 0 aromatic carbocycles. The number of nitrogens with zero attached hydrogens (tertiary/aromatic N) is 7. The van der Waals surface area contributed by atoms with E-state index in [0.29, 0.717) is 5.82 Å². The van der Waals surface area contributed by atoms with E-state index in [0.717, 1.165) is 38.4 Å². The molecule has 0 N–H and O–H groups in total. The van der Waals surface area contributed by atoms with E-state index in [1.807, 2.05) is 18.1 Å². The van der Waals surface area contributed by atoms with E-state index >= 15 is 0 Å². The summed E-state index contributed by atoms with van der Waals surface area (Å²) in [6.45, 7) is 3.86. The van der Waals surface area contributed by atoms with Gasteiger partial charge < -0.3 is 4.90 Å². The largest absolute Gasteiger partial charge is 0.354 e. The zero-order valence-electron chi connectivity index (χ0n) is 12.2. The van der Waals surface area contributed by atoms with Crippen LogP contribution in [-0.4, -0.2) is 56.0 Å². The van der Waals surface area contributed by atoms with Crippen LogP contribution in [0.5, 0.6) is 0 Å². The van der Waals surface area contributed by atoms with Crippen LogP contribution in [0, 0.1) is 0 Å². The first-order valence-corrected chi connectivity index (χ1v) is 7.04. The van der Waals surface area contributed by atoms with Crippen molar-refractivity contribution in [1.82, 2.24) is 29.9 Å². The standard InChI is InChI=1S/C13H17F2N7/c1-20-7-10(18-19-20)8-21-2-4-22(5-3-21)12-6-11(13(14)15)16-9-17-12/h6-7,9,13H,2-5,8H2,1H3. The van der Waals surface area contributed by atoms with E-state index in [4.69, 9.17) is 0 Å². The Morgan fingerprint density at radius 1 is 1.18 bits per heavy atom. The first-order valence-electron chi connectivity index (χ1n) is 7.04. The summed E-state index contributed by atoms with van der Waals surface area (Å²) in [4.78, 5) is 11.9. The molecule has 118 valence electrons. The Bertz CT molecular complexity index is 622. The lowest BCUT2D eigenvalue weighted by molar-refractivity contribution is 0.146. The molecule has 0 saturated carbocycles. The minimum Gasteiger partial charge on any atom is -0.354 e. The Hall–Kier alpha value is -2.16. The predicted molar refractivity (Wildman–Crippen MR) is 75.5 cm³/mol. The summed E-state index contributed by atoms with van der Waals surface area (Å²) in [7, 11) is 1.84. The van der Waals surface area contributed by atoms with Crippen molar-refractivity contribution >= 4 is 5.82 Å². The van der Waals surface area contributed by atoms with Crippen molar-refractivity contribution in [2.75, 3.05) is 31.1 Å². The molecular formula is C13H17F2N7. The molecule has 0 unspecified atom stereocenters. The van der Waals surface area contributed by atoms with E-state index < -0.39 is 6.43 Å². The molecule has 0 amide bonds. The van der Waals surface area contributed by atoms with Gasteiger partial charge in [0.25, 0.3) is 6.43 Å². The number of anilines is 1. The number of piperazine rings is 1. The summed E-state index contributed by atoms with van der Waals surface area (Å²) in [6.07, 6.45) is 0.522. The van der Waals surface area contributed by atoms with Gasteiger partial charge in [0.05, 0.1) is 5.69 Å². The van der Waals surface area contributed by atoms with Crippen LogP contribution in [-0.2, 0) is 13.6 Å². The topological polar surface area (TPSA) is 63.0 Å². The molecule has 1 saturated heterocycles. The number of hydrogen-bond acceptors (Lipinski definition) is 6. The van der Waals surface area contributed by atoms with Crippen molar-refractivity contribution in [3.05, 3.63) is 30.0 Å². The number of hydrogen-bond donors (Lipinski definition) is 0. The van der Waals surface area contributed by atoms with Crippen LogP contribution in [0.1, 0.15) is 17.8 Å². The lowest BCUT2D eigenvalue weighted by Crippen LogP contribution is -2.46. The molecule has 22 heavy (non-hydrogen) atoms. The van der Waals surface area contributed by atoms with Crippen LogP contribution < -0.4 is 4.90 Å². The van der Waals surface area contributed by atoms with Crippen molar-refractivity contribution in [3.63, 3.8) is 0 Å². The highest BCUT2D eigenvalue weighted by Crippen LogP contribution is 2.21. The quantitative estimate of drug-likeness (QED) is 0.835. The molecule has 2 aromatic rings. The Kier molecular flexibility index (Phi) is 4.23. The molecule has 0 radical (unpaired) electrons. The summed E-state index contributed by atoms with van der Waals surface area (Å²) in [5.41, 5.74) is 0.699. The highest BCUT2D eigenvalue weighted by molar-refractivity contribution is 5.39. The lowest BCUT2D eigenvalue weighted by atomic mass is 10.3. The maximum Gasteiger partial charge on any atom is 0.280 e. The summed E-state index contributed by atoms with van der Waals surface area (Å²) < 4.78 is 27.1. The molecule has 2 aromatic heterocycles. The van der Waals surface area contributed by atoms with Gasteiger partial charge in [0.15, 0.2) is 0 Å². The fourth-order valence-electron chi connectivity index (χ4n) is 2.49. The zero-order chi connectivity index (χ0) is 15.5. The van der Waals surface area contributed by atoms with Crippen LogP contribution in [0.3, 0.4) is 0 Å². The predicted octanol–water partition coefficient (Wildman–Crippen LogP) is 0.865. The lowest BCUT2D eigenvalue weighted by Gasteiger charge is -2.35. The van der Waals surface area contributed by atoms with Gasteiger partial charge in [-0.25, -0.2) is 18.7 Å². The molecule has 1 fully saturated rings. The molecule has 7 nitrogen and oxygen atoms in total. The molecule has 3 rings (SSSR count). The minimum absolute atomic E-state index is 0.230. The van der Waals surface area contributed by atoms with Gasteiger partial charge >= 0.3 is 0 Å². The first-order chi connectivity index (χ1) is 10.6. The minimum atomic E-state index is -2.57. The maximum atomic E-state index is 12.7. The molecule has 1 aliphatic rings. The highest BCUT2D eigenvalue weighted by Gasteiger charge is 2.20. The van der Waals surface area contributed by atoms with Gasteiger partial charge in [0, 0.05) is 52.0 Å². The van der Waals surface area contributed by atoms with Crippen molar-refractivity contribution in [3.8, 4) is 0 Å². The average Bonchev–Trinajstić information content (AvgIpc) is 2.93. The molecule has 3 heterocycles. The Balaban J connectivity index is 1.58. The number of halogens is 2. The molecule has 0 aliphatic carbocycles. The second kappa shape index (κ2) is 6.30. The Labute approximate surface area is 126 Å². The Morgan fingerprint density at radius 3 is 2.59 bits per heavy atom. The van der Waals surface area contributed by atoms with E-state index in [-0.39, 0.29) is 5.69 Å². The van der Waals surface area contributed by atoms with E-state index in [9.17, 15) is 8.78 Å². The van der Waals surface area contributed by atoms with Crippen LogP contribution >= 0.6 is 0 Å². The SMILES string of the molecule is Cn1cc(CN2CCN(c3cc(C(F)F)ncn3)CC2)nn1. The van der Waals surface area contributed by atoms with Gasteiger partial charge in [0.2, 0.25) is 0 Å². The molecule has 0 spiro atoms. The van der Waals surface area contributed by atoms with E-state index in [2.05, 4.69) is 25.2 Å². The zero-order valence-corrected chi connectivity index (χ0v) is 12.2. The Morgan fingerprint density at radius 2 is 1.95 bits per heavy atom. The summed E-state index contributed by atoms with van der Waals surface area (Å²) >= 11 is 0. The third-order valence-electron chi connectivity index (χ3n) is 3.63. The summed E-state index contributed by atoms with van der Waals surface area (Å²) in [5.74, 6) is 0.560. The fourth-order valence-corrected chi connectivity index (χ4v) is 2.49. The molecule has 9 heteroatoms. The van der Waals surface area contributed by atoms with Crippen LogP contribution in [0.2, 0.25) is 0 Å². The average molecular weight is 309 g/mol. The highest BCUT2D eigenvalue weighted by atomic mass is 19.3. The van der Waals surface area contributed by atoms with E-state index in [1.54, 1.807) is 4.68 Å². The summed E-state index contributed by atoms with van der Waals surface area (Å²) in [5, 5.41) is 7.98. The monoisotopic (exact) mass is 309 g/mol. The summed E-state index contributed by atoms with van der Waals surface area (Å²) in [6, 6.07) is 1.36. The number of aromatic nitrogens is 5. The number of aryl methyl sites for hydroxylation is 1. The van der Waals surface area contributed by atoms with Gasteiger partial charge in [-0.1, -0.05) is 5.21 Å². The smallest absolute Gasteiger partial charge is 0.280 e. The van der Waals surface area contributed by atoms with Crippen molar-refractivity contribution in [1.29, 1.82) is 0 Å². The second-order valence-corrected chi connectivity index (χ2v) is 5.25. The normalized spacial score (nSPS) is 16.5. The first kappa shape index (κ1) is 14.8. The molecular weight excluding hydrogens is 292 g/mol. The van der Waals surface area contributed by atoms with Crippen LogP contribution in [0.4, 0.5) is 14.6 Å². The van der Waals surface area contributed by atoms with Crippen LogP contribution in [0.15, 0.2) is 18.6 Å². The second-order valence-electron chi connectivity index (χ2n) is 5.25. The number of rotatable bonds is 4. The number of alkyl halides is 2. The van der Waals surface area contributed by atoms with Crippen molar-refractivity contribution in [2.24, 2.45) is 7.05 Å². The van der Waals surface area contributed by atoms with Gasteiger partial charge in [-0.05, 0) is 0 Å².